The van der Waals surface area contributed by atoms with Gasteiger partial charge in [-0.2, -0.15) is 5.26 Å². The molecule has 1 aliphatic rings. The first-order valence-electron chi connectivity index (χ1n) is 7.08. The molecule has 1 saturated heterocycles. The summed E-state index contributed by atoms with van der Waals surface area (Å²) in [6, 6.07) is 16.2. The third-order valence-electron chi connectivity index (χ3n) is 3.72. The zero-order valence-corrected chi connectivity index (χ0v) is 13.2. The van der Waals surface area contributed by atoms with Crippen LogP contribution in [0, 0.1) is 11.3 Å². The van der Waals surface area contributed by atoms with Crippen LogP contribution < -0.4 is 10.2 Å². The Morgan fingerprint density at radius 3 is 2.38 bits per heavy atom. The van der Waals surface area contributed by atoms with Gasteiger partial charge in [0.05, 0.1) is 17.3 Å². The molecule has 0 bridgehead atoms. The Morgan fingerprint density at radius 1 is 1.05 bits per heavy atom. The Morgan fingerprint density at radius 2 is 1.76 bits per heavy atom. The number of nitrogens with one attached hydrogen (secondary N) is 1. The highest BCUT2D eigenvalue weighted by atomic mass is 79.9. The highest BCUT2D eigenvalue weighted by Gasteiger charge is 2.11. The van der Waals surface area contributed by atoms with E-state index >= 15 is 0 Å². The lowest BCUT2D eigenvalue weighted by Gasteiger charge is -2.18. The molecule has 21 heavy (non-hydrogen) atoms. The summed E-state index contributed by atoms with van der Waals surface area (Å²) >= 11 is 3.49. The molecule has 0 unspecified atom stereocenters. The van der Waals surface area contributed by atoms with Gasteiger partial charge in [0, 0.05) is 28.9 Å². The maximum absolute atomic E-state index is 8.88. The van der Waals surface area contributed by atoms with Crippen LogP contribution in [0.15, 0.2) is 46.9 Å². The molecule has 0 amide bonds. The molecule has 2 aromatic carbocycles. The molecule has 1 fully saturated rings. The maximum Gasteiger partial charge on any atom is 0.0992 e. The summed E-state index contributed by atoms with van der Waals surface area (Å²) in [5.41, 5.74) is 3.94. The molecule has 3 nitrogen and oxygen atoms in total. The standard InChI is InChI=1S/C17H16BrN3/c18-16-11-13(12-19)3-8-17(16)20-14-4-6-15(7-5-14)21-9-1-2-10-21/h3-8,11,20H,1-2,9-10H2. The van der Waals surface area contributed by atoms with E-state index in [1.807, 2.05) is 18.2 Å². The maximum atomic E-state index is 8.88. The first-order chi connectivity index (χ1) is 10.3. The fraction of sp³-hybridized carbons (Fsp3) is 0.235. The van der Waals surface area contributed by atoms with E-state index in [-0.39, 0.29) is 0 Å². The van der Waals surface area contributed by atoms with Gasteiger partial charge in [-0.25, -0.2) is 0 Å². The molecule has 0 aliphatic carbocycles. The van der Waals surface area contributed by atoms with Gasteiger partial charge in [-0.05, 0) is 71.2 Å². The van der Waals surface area contributed by atoms with Gasteiger partial charge in [-0.1, -0.05) is 0 Å². The van der Waals surface area contributed by atoms with Crippen molar-refractivity contribution in [3.05, 3.63) is 52.5 Å². The third kappa shape index (κ3) is 3.20. The minimum atomic E-state index is 0.650. The van der Waals surface area contributed by atoms with E-state index in [1.54, 1.807) is 0 Å². The van der Waals surface area contributed by atoms with Crippen LogP contribution in [0.3, 0.4) is 0 Å². The van der Waals surface area contributed by atoms with Crippen LogP contribution in [0.5, 0.6) is 0 Å². The Balaban J connectivity index is 1.74. The van der Waals surface area contributed by atoms with Crippen molar-refractivity contribution in [2.24, 2.45) is 0 Å². The molecule has 106 valence electrons. The smallest absolute Gasteiger partial charge is 0.0992 e. The summed E-state index contributed by atoms with van der Waals surface area (Å²) in [7, 11) is 0. The molecular weight excluding hydrogens is 326 g/mol. The van der Waals surface area contributed by atoms with Crippen molar-refractivity contribution in [3.8, 4) is 6.07 Å². The number of benzene rings is 2. The van der Waals surface area contributed by atoms with Gasteiger partial charge in [0.2, 0.25) is 0 Å². The Labute approximate surface area is 133 Å². The molecular formula is C17H16BrN3. The van der Waals surface area contributed by atoms with E-state index in [0.717, 1.165) is 28.9 Å². The van der Waals surface area contributed by atoms with Gasteiger partial charge in [0.15, 0.2) is 0 Å². The molecule has 3 rings (SSSR count). The number of nitriles is 1. The summed E-state index contributed by atoms with van der Waals surface area (Å²) in [6.45, 7) is 2.32. The minimum Gasteiger partial charge on any atom is -0.372 e. The fourth-order valence-corrected chi connectivity index (χ4v) is 3.05. The van der Waals surface area contributed by atoms with Crippen LogP contribution >= 0.6 is 15.9 Å². The van der Waals surface area contributed by atoms with Crippen LogP contribution in [0.1, 0.15) is 18.4 Å². The van der Waals surface area contributed by atoms with E-state index in [2.05, 4.69) is 56.5 Å². The number of rotatable bonds is 3. The topological polar surface area (TPSA) is 39.1 Å². The second kappa shape index (κ2) is 6.19. The summed E-state index contributed by atoms with van der Waals surface area (Å²) in [5, 5.41) is 12.2. The number of halogens is 1. The van der Waals surface area contributed by atoms with Crippen molar-refractivity contribution in [2.75, 3.05) is 23.3 Å². The van der Waals surface area contributed by atoms with Crippen molar-refractivity contribution < 1.29 is 0 Å². The van der Waals surface area contributed by atoms with E-state index in [1.165, 1.54) is 18.5 Å². The Kier molecular flexibility index (Phi) is 4.12. The highest BCUT2D eigenvalue weighted by molar-refractivity contribution is 9.10. The summed E-state index contributed by atoms with van der Waals surface area (Å²) < 4.78 is 0.894. The quantitative estimate of drug-likeness (QED) is 0.881. The van der Waals surface area contributed by atoms with Crippen molar-refractivity contribution >= 4 is 33.0 Å². The highest BCUT2D eigenvalue weighted by Crippen LogP contribution is 2.28. The average Bonchev–Trinajstić information content (AvgIpc) is 3.04. The fourth-order valence-electron chi connectivity index (χ4n) is 2.57. The van der Waals surface area contributed by atoms with Crippen LogP contribution in [0.2, 0.25) is 0 Å². The van der Waals surface area contributed by atoms with Crippen molar-refractivity contribution in [1.29, 1.82) is 5.26 Å². The second-order valence-electron chi connectivity index (χ2n) is 5.17. The third-order valence-corrected chi connectivity index (χ3v) is 4.37. The molecule has 1 aliphatic heterocycles. The van der Waals surface area contributed by atoms with Crippen LogP contribution in [-0.2, 0) is 0 Å². The summed E-state index contributed by atoms with van der Waals surface area (Å²) in [5.74, 6) is 0. The van der Waals surface area contributed by atoms with Gasteiger partial charge < -0.3 is 10.2 Å². The number of anilines is 3. The van der Waals surface area contributed by atoms with Gasteiger partial charge in [-0.15, -0.1) is 0 Å². The monoisotopic (exact) mass is 341 g/mol. The second-order valence-corrected chi connectivity index (χ2v) is 6.03. The lowest BCUT2D eigenvalue weighted by Crippen LogP contribution is -2.17. The van der Waals surface area contributed by atoms with Crippen molar-refractivity contribution in [3.63, 3.8) is 0 Å². The van der Waals surface area contributed by atoms with Crippen molar-refractivity contribution in [2.45, 2.75) is 12.8 Å². The molecule has 1 heterocycles. The first-order valence-corrected chi connectivity index (χ1v) is 7.87. The first kappa shape index (κ1) is 14.0. The molecule has 0 saturated carbocycles. The van der Waals surface area contributed by atoms with Crippen molar-refractivity contribution in [1.82, 2.24) is 0 Å². The van der Waals surface area contributed by atoms with E-state index < -0.39 is 0 Å². The molecule has 0 atom stereocenters. The molecule has 4 heteroatoms. The van der Waals surface area contributed by atoms with E-state index in [4.69, 9.17) is 5.26 Å². The van der Waals surface area contributed by atoms with Gasteiger partial charge in [0.1, 0.15) is 0 Å². The molecule has 0 radical (unpaired) electrons. The summed E-state index contributed by atoms with van der Waals surface area (Å²) in [4.78, 5) is 2.42. The largest absolute Gasteiger partial charge is 0.372 e. The van der Waals surface area contributed by atoms with Gasteiger partial charge in [-0.3, -0.25) is 0 Å². The van der Waals surface area contributed by atoms with Crippen LogP contribution in [0.25, 0.3) is 0 Å². The molecule has 1 N–H and O–H groups in total. The zero-order valence-electron chi connectivity index (χ0n) is 11.6. The zero-order chi connectivity index (χ0) is 14.7. The minimum absolute atomic E-state index is 0.650. The van der Waals surface area contributed by atoms with E-state index in [9.17, 15) is 0 Å². The number of nitrogens with zero attached hydrogens (tertiary/aromatic N) is 2. The van der Waals surface area contributed by atoms with E-state index in [0.29, 0.717) is 5.56 Å². The normalized spacial score (nSPS) is 14.0. The predicted molar refractivity (Wildman–Crippen MR) is 90.0 cm³/mol. The lowest BCUT2D eigenvalue weighted by atomic mass is 10.2. The molecule has 0 aromatic heterocycles. The molecule has 0 spiro atoms. The lowest BCUT2D eigenvalue weighted by molar-refractivity contribution is 0.949. The number of hydrogen-bond donors (Lipinski definition) is 1. The Bertz CT molecular complexity index is 667. The van der Waals surface area contributed by atoms with Gasteiger partial charge in [0.25, 0.3) is 0 Å². The van der Waals surface area contributed by atoms with Crippen LogP contribution in [-0.4, -0.2) is 13.1 Å². The predicted octanol–water partition coefficient (Wildman–Crippen LogP) is 4.66. The number of hydrogen-bond acceptors (Lipinski definition) is 3. The summed E-state index contributed by atoms with van der Waals surface area (Å²) in [6.07, 6.45) is 2.58. The van der Waals surface area contributed by atoms with Gasteiger partial charge >= 0.3 is 0 Å². The average molecular weight is 342 g/mol. The molecule has 2 aromatic rings. The van der Waals surface area contributed by atoms with Crippen LogP contribution in [0.4, 0.5) is 17.1 Å². The Hall–Kier alpha value is -1.99. The SMILES string of the molecule is N#Cc1ccc(Nc2ccc(N3CCCC3)cc2)c(Br)c1.